The van der Waals surface area contributed by atoms with Crippen molar-refractivity contribution in [2.24, 2.45) is 10.8 Å². The van der Waals surface area contributed by atoms with E-state index in [9.17, 15) is 0 Å². The summed E-state index contributed by atoms with van der Waals surface area (Å²) >= 11 is 0. The molecule has 0 aliphatic heterocycles. The molecule has 0 amide bonds. The normalized spacial score (nSPS) is 29.6. The molecule has 0 fully saturated rings. The molecule has 0 aromatic carbocycles. The molecule has 1 rings (SSSR count). The quantitative estimate of drug-likeness (QED) is 0.567. The Bertz CT molecular complexity index is 284. The predicted molar refractivity (Wildman–Crippen MR) is 58.0 cm³/mol. The van der Waals surface area contributed by atoms with Gasteiger partial charge in [-0.05, 0) is 50.3 Å². The van der Waals surface area contributed by atoms with Crippen molar-refractivity contribution < 1.29 is 0 Å². The molecule has 72 valence electrons. The molecule has 2 radical (unpaired) electrons. The van der Waals surface area contributed by atoms with Gasteiger partial charge in [0.2, 0.25) is 0 Å². The molecule has 1 atom stereocenters. The summed E-state index contributed by atoms with van der Waals surface area (Å²) in [5.41, 5.74) is 4.12. The van der Waals surface area contributed by atoms with Gasteiger partial charge >= 0.3 is 0 Å². The van der Waals surface area contributed by atoms with Gasteiger partial charge in [0.1, 0.15) is 0 Å². The lowest BCUT2D eigenvalue weighted by atomic mass is 9.65. The SMILES string of the molecule is [CH2]C(C)(C)C1(C)[C]=C(C)C(C)=C1C. The largest absolute Gasteiger partial charge is 0.0592 e. The van der Waals surface area contributed by atoms with Crippen molar-refractivity contribution >= 4 is 0 Å². The Morgan fingerprint density at radius 1 is 1.23 bits per heavy atom. The van der Waals surface area contributed by atoms with Crippen molar-refractivity contribution in [1.82, 2.24) is 0 Å². The lowest BCUT2D eigenvalue weighted by Crippen LogP contribution is -2.31. The minimum atomic E-state index is 0.0100. The van der Waals surface area contributed by atoms with E-state index >= 15 is 0 Å². The third-order valence-electron chi connectivity index (χ3n) is 3.67. The number of allylic oxidation sites excluding steroid dienone is 4. The van der Waals surface area contributed by atoms with E-state index in [1.807, 2.05) is 0 Å². The van der Waals surface area contributed by atoms with Crippen LogP contribution in [0.3, 0.4) is 0 Å². The summed E-state index contributed by atoms with van der Waals surface area (Å²) in [5, 5.41) is 0. The molecule has 0 bridgehead atoms. The molecule has 0 saturated heterocycles. The lowest BCUT2D eigenvalue weighted by Gasteiger charge is -2.38. The average Bonchev–Trinajstić information content (AvgIpc) is 2.15. The van der Waals surface area contributed by atoms with Gasteiger partial charge in [0.25, 0.3) is 0 Å². The highest BCUT2D eigenvalue weighted by Crippen LogP contribution is 2.50. The lowest BCUT2D eigenvalue weighted by molar-refractivity contribution is 0.244. The van der Waals surface area contributed by atoms with Crippen molar-refractivity contribution in [3.05, 3.63) is 29.7 Å². The van der Waals surface area contributed by atoms with E-state index in [0.29, 0.717) is 0 Å². The molecule has 0 N–H and O–H groups in total. The van der Waals surface area contributed by atoms with Crippen LogP contribution in [-0.4, -0.2) is 0 Å². The third-order valence-corrected chi connectivity index (χ3v) is 3.67. The van der Waals surface area contributed by atoms with E-state index in [4.69, 9.17) is 0 Å². The zero-order valence-electron chi connectivity index (χ0n) is 9.71. The summed E-state index contributed by atoms with van der Waals surface area (Å²) in [7, 11) is 0. The van der Waals surface area contributed by atoms with Crippen LogP contribution in [0.25, 0.3) is 0 Å². The van der Waals surface area contributed by atoms with Crippen LogP contribution in [0.2, 0.25) is 0 Å². The first-order chi connectivity index (χ1) is 5.70. The standard InChI is InChI=1S/C13H20/c1-9-8-13(7,12(4,5)6)11(3)10(9)2/h4H2,1-3,5-7H3. The van der Waals surface area contributed by atoms with Crippen molar-refractivity contribution in [2.75, 3.05) is 0 Å². The molecule has 0 nitrogen and oxygen atoms in total. The smallest absolute Gasteiger partial charge is 0.0193 e. The zero-order chi connectivity index (χ0) is 10.4. The molecular formula is C13H20. The van der Waals surface area contributed by atoms with Gasteiger partial charge in [0.15, 0.2) is 0 Å². The van der Waals surface area contributed by atoms with Gasteiger partial charge < -0.3 is 0 Å². The maximum Gasteiger partial charge on any atom is 0.0193 e. The van der Waals surface area contributed by atoms with Crippen LogP contribution in [0.15, 0.2) is 16.7 Å². The van der Waals surface area contributed by atoms with E-state index in [1.54, 1.807) is 0 Å². The fourth-order valence-corrected chi connectivity index (χ4v) is 1.90. The first-order valence-corrected chi connectivity index (χ1v) is 4.85. The topological polar surface area (TPSA) is 0 Å². The Morgan fingerprint density at radius 2 is 1.69 bits per heavy atom. The maximum absolute atomic E-state index is 4.23. The van der Waals surface area contributed by atoms with Crippen molar-refractivity contribution in [3.8, 4) is 0 Å². The monoisotopic (exact) mass is 176 g/mol. The molecular weight excluding hydrogens is 156 g/mol. The Morgan fingerprint density at radius 3 is 1.85 bits per heavy atom. The van der Waals surface area contributed by atoms with Crippen LogP contribution in [0.4, 0.5) is 0 Å². The van der Waals surface area contributed by atoms with Crippen LogP contribution >= 0.6 is 0 Å². The summed E-state index contributed by atoms with van der Waals surface area (Å²) < 4.78 is 0. The first-order valence-electron chi connectivity index (χ1n) is 4.85. The zero-order valence-corrected chi connectivity index (χ0v) is 9.71. The molecule has 13 heavy (non-hydrogen) atoms. The highest BCUT2D eigenvalue weighted by molar-refractivity contribution is 5.43. The van der Waals surface area contributed by atoms with Gasteiger partial charge in [-0.2, -0.15) is 0 Å². The van der Waals surface area contributed by atoms with Gasteiger partial charge in [-0.1, -0.05) is 26.3 Å². The molecule has 0 heterocycles. The molecule has 1 aliphatic carbocycles. The Balaban J connectivity index is 3.25. The molecule has 0 spiro atoms. The molecule has 0 aromatic rings. The van der Waals surface area contributed by atoms with E-state index in [0.717, 1.165) is 0 Å². The number of rotatable bonds is 1. The highest BCUT2D eigenvalue weighted by Gasteiger charge is 2.41. The second kappa shape index (κ2) is 2.73. The molecule has 0 aromatic heterocycles. The first kappa shape index (κ1) is 10.6. The third kappa shape index (κ3) is 1.37. The molecule has 1 aliphatic rings. The highest BCUT2D eigenvalue weighted by atomic mass is 14.4. The maximum atomic E-state index is 4.23. The minimum absolute atomic E-state index is 0.0100. The summed E-state index contributed by atoms with van der Waals surface area (Å²) in [4.78, 5) is 0. The van der Waals surface area contributed by atoms with Crippen LogP contribution in [0.5, 0.6) is 0 Å². The van der Waals surface area contributed by atoms with Gasteiger partial charge in [-0.25, -0.2) is 0 Å². The fourth-order valence-electron chi connectivity index (χ4n) is 1.90. The Labute approximate surface area is 82.7 Å². The van der Waals surface area contributed by atoms with Crippen molar-refractivity contribution in [2.45, 2.75) is 41.5 Å². The minimum Gasteiger partial charge on any atom is -0.0592 e. The molecule has 0 saturated carbocycles. The predicted octanol–water partition coefficient (Wildman–Crippen LogP) is 3.95. The summed E-state index contributed by atoms with van der Waals surface area (Å²) in [6, 6.07) is 0. The van der Waals surface area contributed by atoms with Gasteiger partial charge in [-0.15, -0.1) is 0 Å². The summed E-state index contributed by atoms with van der Waals surface area (Å²) in [5.74, 6) is 0. The van der Waals surface area contributed by atoms with Gasteiger partial charge in [0, 0.05) is 5.41 Å². The fraction of sp³-hybridized carbons (Fsp3) is 0.615. The van der Waals surface area contributed by atoms with E-state index in [1.165, 1.54) is 16.7 Å². The van der Waals surface area contributed by atoms with E-state index < -0.39 is 0 Å². The summed E-state index contributed by atoms with van der Waals surface area (Å²) in [6.07, 6.45) is 3.55. The van der Waals surface area contributed by atoms with Crippen LogP contribution in [0.1, 0.15) is 41.5 Å². The number of hydrogen-bond donors (Lipinski definition) is 0. The van der Waals surface area contributed by atoms with E-state index in [2.05, 4.69) is 54.5 Å². The molecule has 0 heteroatoms. The van der Waals surface area contributed by atoms with Gasteiger partial charge in [0.05, 0.1) is 0 Å². The second-order valence-corrected chi connectivity index (χ2v) is 5.01. The van der Waals surface area contributed by atoms with Crippen molar-refractivity contribution in [1.29, 1.82) is 0 Å². The van der Waals surface area contributed by atoms with Gasteiger partial charge in [-0.3, -0.25) is 0 Å². The van der Waals surface area contributed by atoms with E-state index in [-0.39, 0.29) is 10.8 Å². The summed E-state index contributed by atoms with van der Waals surface area (Å²) in [6.45, 7) is 17.3. The average molecular weight is 176 g/mol. The molecule has 1 unspecified atom stereocenters. The Hall–Kier alpha value is -0.520. The van der Waals surface area contributed by atoms with Crippen LogP contribution in [0, 0.1) is 23.8 Å². The Kier molecular flexibility index (Phi) is 2.22. The van der Waals surface area contributed by atoms with Crippen molar-refractivity contribution in [3.63, 3.8) is 0 Å². The second-order valence-electron chi connectivity index (χ2n) is 5.01. The van der Waals surface area contributed by atoms with Crippen LogP contribution < -0.4 is 0 Å². The van der Waals surface area contributed by atoms with Crippen LogP contribution in [-0.2, 0) is 0 Å². The number of hydrogen-bond acceptors (Lipinski definition) is 0.